The molecule has 0 saturated heterocycles. The van der Waals surface area contributed by atoms with Crippen molar-refractivity contribution in [2.24, 2.45) is 0 Å². The first-order valence-corrected chi connectivity index (χ1v) is 3.40. The Morgan fingerprint density at radius 3 is 2.77 bits per heavy atom. The van der Waals surface area contributed by atoms with E-state index in [-0.39, 0.29) is 18.0 Å². The summed E-state index contributed by atoms with van der Waals surface area (Å²) >= 11 is 0. The van der Waals surface area contributed by atoms with Gasteiger partial charge in [0.1, 0.15) is 0 Å². The molecular weight excluding hydrogens is 192 g/mol. The highest BCUT2D eigenvalue weighted by Gasteiger charge is 1.95. The Bertz CT molecular complexity index is 421. The quantitative estimate of drug-likeness (QED) is 0.721. The summed E-state index contributed by atoms with van der Waals surface area (Å²) in [7, 11) is 0. The lowest BCUT2D eigenvalue weighted by atomic mass is 10.6. The zero-order chi connectivity index (χ0) is 8.39. The number of aromatic amines is 1. The fourth-order valence-electron chi connectivity index (χ4n) is 0.885. The van der Waals surface area contributed by atoms with Crippen molar-refractivity contribution >= 4 is 12.4 Å². The van der Waals surface area contributed by atoms with E-state index in [4.69, 9.17) is 0 Å². The van der Waals surface area contributed by atoms with E-state index in [0.717, 1.165) is 0 Å². The third kappa shape index (κ3) is 1.94. The first-order valence-electron chi connectivity index (χ1n) is 3.40. The molecule has 0 saturated carbocycles. The summed E-state index contributed by atoms with van der Waals surface area (Å²) in [5.41, 5.74) is -0.152. The average Bonchev–Trinajstić information content (AvgIpc) is 2.54. The predicted octanol–water partition coefficient (Wildman–Crippen LogP) is 0.377. The lowest BCUT2D eigenvalue weighted by Gasteiger charge is -1.97. The van der Waals surface area contributed by atoms with Crippen molar-refractivity contribution in [3.8, 4) is 5.82 Å². The molecule has 0 amide bonds. The van der Waals surface area contributed by atoms with Crippen molar-refractivity contribution in [2.45, 2.75) is 0 Å². The van der Waals surface area contributed by atoms with Crippen LogP contribution < -0.4 is 5.56 Å². The zero-order valence-electron chi connectivity index (χ0n) is 6.54. The number of nitrogens with one attached hydrogen (secondary N) is 1. The average molecular weight is 199 g/mol. The lowest BCUT2D eigenvalue weighted by molar-refractivity contribution is 0.825. The van der Waals surface area contributed by atoms with Gasteiger partial charge in [-0.15, -0.1) is 12.4 Å². The van der Waals surface area contributed by atoms with Gasteiger partial charge in [0.05, 0.1) is 6.20 Å². The normalized spacial score (nSPS) is 9.23. The molecular formula is C7H7ClN4O. The van der Waals surface area contributed by atoms with Crippen molar-refractivity contribution in [1.29, 1.82) is 0 Å². The summed E-state index contributed by atoms with van der Waals surface area (Å²) in [5.74, 6) is 0.597. The molecule has 1 N–H and O–H groups in total. The fourth-order valence-corrected chi connectivity index (χ4v) is 0.885. The van der Waals surface area contributed by atoms with E-state index in [1.54, 1.807) is 24.8 Å². The molecule has 0 aliphatic heterocycles. The van der Waals surface area contributed by atoms with E-state index in [9.17, 15) is 4.79 Å². The molecule has 5 nitrogen and oxygen atoms in total. The maximum absolute atomic E-state index is 10.7. The van der Waals surface area contributed by atoms with Gasteiger partial charge in [-0.2, -0.15) is 0 Å². The molecule has 0 atom stereocenters. The second-order valence-corrected chi connectivity index (χ2v) is 2.23. The summed E-state index contributed by atoms with van der Waals surface area (Å²) in [4.78, 5) is 18.6. The molecule has 2 heterocycles. The summed E-state index contributed by atoms with van der Waals surface area (Å²) in [6.45, 7) is 0. The van der Waals surface area contributed by atoms with Crippen LogP contribution in [0.5, 0.6) is 0 Å². The van der Waals surface area contributed by atoms with Crippen molar-refractivity contribution < 1.29 is 0 Å². The molecule has 2 aromatic rings. The summed E-state index contributed by atoms with van der Waals surface area (Å²) in [6, 6.07) is 1.43. The molecule has 0 unspecified atom stereocenters. The van der Waals surface area contributed by atoms with Gasteiger partial charge in [0, 0.05) is 24.7 Å². The second-order valence-electron chi connectivity index (χ2n) is 2.23. The third-order valence-corrected chi connectivity index (χ3v) is 1.40. The Morgan fingerprint density at radius 1 is 1.38 bits per heavy atom. The van der Waals surface area contributed by atoms with Crippen LogP contribution in [0.15, 0.2) is 35.6 Å². The van der Waals surface area contributed by atoms with Gasteiger partial charge in [0.2, 0.25) is 0 Å². The maximum atomic E-state index is 10.7. The van der Waals surface area contributed by atoms with Crippen LogP contribution in [-0.4, -0.2) is 19.7 Å². The summed E-state index contributed by atoms with van der Waals surface area (Å²) < 4.78 is 1.51. The number of nitrogens with zero attached hydrogens (tertiary/aromatic N) is 3. The van der Waals surface area contributed by atoms with Crippen LogP contribution in [0.25, 0.3) is 5.82 Å². The molecule has 0 aromatic carbocycles. The minimum Gasteiger partial charge on any atom is -0.268 e. The monoisotopic (exact) mass is 198 g/mol. The topological polar surface area (TPSA) is 63.6 Å². The molecule has 13 heavy (non-hydrogen) atoms. The van der Waals surface area contributed by atoms with Gasteiger partial charge in [-0.25, -0.2) is 9.67 Å². The molecule has 0 radical (unpaired) electrons. The van der Waals surface area contributed by atoms with Gasteiger partial charge >= 0.3 is 0 Å². The SMILES string of the molecule is Cl.O=c1ccn(-c2cnccn2)[nH]1. The molecule has 0 aliphatic rings. The van der Waals surface area contributed by atoms with Crippen LogP contribution in [0.1, 0.15) is 0 Å². The van der Waals surface area contributed by atoms with Crippen LogP contribution in [0.4, 0.5) is 0 Å². The van der Waals surface area contributed by atoms with E-state index < -0.39 is 0 Å². The van der Waals surface area contributed by atoms with E-state index in [2.05, 4.69) is 15.1 Å². The van der Waals surface area contributed by atoms with Crippen LogP contribution in [-0.2, 0) is 0 Å². The first kappa shape index (κ1) is 9.47. The van der Waals surface area contributed by atoms with Crippen molar-refractivity contribution in [2.75, 3.05) is 0 Å². The molecule has 2 rings (SSSR count). The molecule has 0 spiro atoms. The van der Waals surface area contributed by atoms with E-state index in [0.29, 0.717) is 5.82 Å². The van der Waals surface area contributed by atoms with Crippen molar-refractivity contribution in [1.82, 2.24) is 19.7 Å². The van der Waals surface area contributed by atoms with Crippen molar-refractivity contribution in [3.05, 3.63) is 41.2 Å². The first-order chi connectivity index (χ1) is 5.86. The molecule has 0 bridgehead atoms. The number of hydrogen-bond acceptors (Lipinski definition) is 3. The number of hydrogen-bond donors (Lipinski definition) is 1. The van der Waals surface area contributed by atoms with Crippen LogP contribution >= 0.6 is 12.4 Å². The Labute approximate surface area is 79.8 Å². The highest BCUT2D eigenvalue weighted by atomic mass is 35.5. The molecule has 0 aliphatic carbocycles. The smallest absolute Gasteiger partial charge is 0.264 e. The fraction of sp³-hybridized carbons (Fsp3) is 0. The largest absolute Gasteiger partial charge is 0.268 e. The summed E-state index contributed by atoms with van der Waals surface area (Å²) in [5, 5.41) is 2.55. The Kier molecular flexibility index (Phi) is 2.81. The van der Waals surface area contributed by atoms with Crippen LogP contribution in [0.3, 0.4) is 0 Å². The highest BCUT2D eigenvalue weighted by Crippen LogP contribution is 1.94. The Morgan fingerprint density at radius 2 is 2.23 bits per heavy atom. The summed E-state index contributed by atoms with van der Waals surface area (Å²) in [6.07, 6.45) is 6.31. The van der Waals surface area contributed by atoms with Gasteiger partial charge in [-0.1, -0.05) is 0 Å². The standard InChI is InChI=1S/C7H6N4O.ClH/c12-7-1-4-11(10-7)6-5-8-2-3-9-6;/h1-5H,(H,10,12);1H. The molecule has 0 fully saturated rings. The van der Waals surface area contributed by atoms with Crippen LogP contribution in [0, 0.1) is 0 Å². The van der Waals surface area contributed by atoms with E-state index >= 15 is 0 Å². The molecule has 2 aromatic heterocycles. The van der Waals surface area contributed by atoms with Gasteiger partial charge in [0.15, 0.2) is 5.82 Å². The zero-order valence-corrected chi connectivity index (χ0v) is 7.36. The van der Waals surface area contributed by atoms with Crippen molar-refractivity contribution in [3.63, 3.8) is 0 Å². The highest BCUT2D eigenvalue weighted by molar-refractivity contribution is 5.85. The Balaban J connectivity index is 0.000000845. The number of H-pyrrole nitrogens is 1. The Hall–Kier alpha value is -1.62. The third-order valence-electron chi connectivity index (χ3n) is 1.40. The van der Waals surface area contributed by atoms with Crippen LogP contribution in [0.2, 0.25) is 0 Å². The number of aromatic nitrogens is 4. The second kappa shape index (κ2) is 3.86. The van der Waals surface area contributed by atoms with E-state index in [1.165, 1.54) is 10.7 Å². The predicted molar refractivity (Wildman–Crippen MR) is 49.2 cm³/mol. The molecule has 68 valence electrons. The van der Waals surface area contributed by atoms with Gasteiger partial charge in [-0.05, 0) is 0 Å². The number of rotatable bonds is 1. The van der Waals surface area contributed by atoms with Gasteiger partial charge in [0.25, 0.3) is 5.56 Å². The minimum absolute atomic E-state index is 0. The lowest BCUT2D eigenvalue weighted by Crippen LogP contribution is -2.04. The maximum Gasteiger partial charge on any atom is 0.264 e. The number of halogens is 1. The van der Waals surface area contributed by atoms with E-state index in [1.807, 2.05) is 0 Å². The van der Waals surface area contributed by atoms with Gasteiger partial charge < -0.3 is 0 Å². The van der Waals surface area contributed by atoms with Gasteiger partial charge in [-0.3, -0.25) is 14.9 Å². The minimum atomic E-state index is -0.152. The molecule has 6 heteroatoms.